The fourth-order valence-electron chi connectivity index (χ4n) is 2.63. The van der Waals surface area contributed by atoms with Crippen molar-refractivity contribution in [3.8, 4) is 0 Å². The van der Waals surface area contributed by atoms with Crippen molar-refractivity contribution in [2.75, 3.05) is 7.11 Å². The summed E-state index contributed by atoms with van der Waals surface area (Å²) in [5, 5.41) is 11.5. The van der Waals surface area contributed by atoms with Crippen molar-refractivity contribution in [2.24, 2.45) is 5.41 Å². The number of esters is 1. The first kappa shape index (κ1) is 21.3. The molecule has 0 aliphatic carbocycles. The molecule has 0 aliphatic rings. The lowest BCUT2D eigenvalue weighted by molar-refractivity contribution is -0.385. The van der Waals surface area contributed by atoms with E-state index in [1.165, 1.54) is 7.11 Å². The van der Waals surface area contributed by atoms with Crippen molar-refractivity contribution in [3.63, 3.8) is 0 Å². The van der Waals surface area contributed by atoms with E-state index in [-0.39, 0.29) is 34.5 Å². The minimum atomic E-state index is -0.953. The van der Waals surface area contributed by atoms with Gasteiger partial charge in [-0.3, -0.25) is 14.9 Å². The molecule has 25 heavy (non-hydrogen) atoms. The van der Waals surface area contributed by atoms with E-state index < -0.39 is 9.04 Å². The van der Waals surface area contributed by atoms with E-state index in [1.807, 2.05) is 6.07 Å². The third-order valence-electron chi connectivity index (χ3n) is 3.80. The first-order valence-electron chi connectivity index (χ1n) is 8.37. The Hall–Kier alpha value is -1.73. The molecular formula is C18H28NO5Si. The molecule has 0 saturated carbocycles. The summed E-state index contributed by atoms with van der Waals surface area (Å²) in [7, 11) is 0.384. The third-order valence-corrected chi connectivity index (χ3v) is 4.51. The lowest BCUT2D eigenvalue weighted by Crippen LogP contribution is -2.26. The number of carbonyl (C=O) groups is 1. The van der Waals surface area contributed by atoms with Gasteiger partial charge in [0.2, 0.25) is 9.04 Å². The zero-order chi connectivity index (χ0) is 19.2. The second-order valence-corrected chi connectivity index (χ2v) is 9.40. The molecule has 0 amide bonds. The van der Waals surface area contributed by atoms with Crippen LogP contribution in [0.1, 0.15) is 50.8 Å². The summed E-state index contributed by atoms with van der Waals surface area (Å²) in [6.07, 6.45) is 1.03. The molecule has 0 fully saturated rings. The van der Waals surface area contributed by atoms with Crippen LogP contribution in [-0.2, 0) is 20.4 Å². The van der Waals surface area contributed by atoms with E-state index in [9.17, 15) is 14.9 Å². The number of nitro benzene ring substituents is 1. The largest absolute Gasteiger partial charge is 0.469 e. The third kappa shape index (κ3) is 6.59. The van der Waals surface area contributed by atoms with Gasteiger partial charge in [-0.15, -0.1) is 0 Å². The second kappa shape index (κ2) is 9.10. The first-order chi connectivity index (χ1) is 11.6. The average molecular weight is 367 g/mol. The number of methoxy groups -OCH3 is 1. The maximum Gasteiger partial charge on any atom is 0.305 e. The molecule has 1 aromatic rings. The van der Waals surface area contributed by atoms with Gasteiger partial charge in [-0.2, -0.15) is 0 Å². The molecule has 0 heterocycles. The van der Waals surface area contributed by atoms with Gasteiger partial charge in [0, 0.05) is 18.1 Å². The van der Waals surface area contributed by atoms with E-state index in [1.54, 1.807) is 12.1 Å². The van der Waals surface area contributed by atoms with Crippen molar-refractivity contribution < 1.29 is 18.9 Å². The maximum atomic E-state index is 11.5. The molecule has 1 aromatic carbocycles. The van der Waals surface area contributed by atoms with Crippen molar-refractivity contribution in [3.05, 3.63) is 39.4 Å². The van der Waals surface area contributed by atoms with E-state index in [2.05, 4.69) is 38.6 Å². The number of hydrogen-bond donors (Lipinski definition) is 0. The summed E-state index contributed by atoms with van der Waals surface area (Å²) in [4.78, 5) is 22.3. The highest BCUT2D eigenvalue weighted by atomic mass is 28.3. The highest BCUT2D eigenvalue weighted by Crippen LogP contribution is 2.38. The van der Waals surface area contributed by atoms with Crippen molar-refractivity contribution in [1.82, 2.24) is 0 Å². The molecule has 0 N–H and O–H groups in total. The number of rotatable bonds is 8. The number of aryl methyl sites for hydroxylation is 1. The van der Waals surface area contributed by atoms with Gasteiger partial charge in [-0.05, 0) is 36.9 Å². The Morgan fingerprint density at radius 3 is 2.44 bits per heavy atom. The fourth-order valence-corrected chi connectivity index (χ4v) is 3.59. The lowest BCUT2D eigenvalue weighted by atomic mass is 9.84. The number of ether oxygens (including phenoxy) is 1. The maximum absolute atomic E-state index is 11.5. The van der Waals surface area contributed by atoms with Gasteiger partial charge in [0.05, 0.1) is 18.1 Å². The molecule has 0 bridgehead atoms. The van der Waals surface area contributed by atoms with Crippen LogP contribution in [0.15, 0.2) is 18.2 Å². The van der Waals surface area contributed by atoms with Crippen LogP contribution in [-0.4, -0.2) is 27.0 Å². The smallest absolute Gasteiger partial charge is 0.305 e. The Labute approximate surface area is 151 Å². The molecule has 1 rings (SSSR count). The molecule has 1 radical (unpaired) electrons. The van der Waals surface area contributed by atoms with Crippen molar-refractivity contribution in [1.29, 1.82) is 0 Å². The van der Waals surface area contributed by atoms with Crippen LogP contribution in [0.2, 0.25) is 13.1 Å². The predicted octanol–water partition coefficient (Wildman–Crippen LogP) is 4.45. The molecule has 0 aliphatic heterocycles. The Bertz CT molecular complexity index is 610. The van der Waals surface area contributed by atoms with Crippen LogP contribution in [0.3, 0.4) is 0 Å². The van der Waals surface area contributed by atoms with Crippen LogP contribution >= 0.6 is 0 Å². The fraction of sp³-hybridized carbons (Fsp3) is 0.611. The number of nitro groups is 1. The molecule has 7 heteroatoms. The van der Waals surface area contributed by atoms with Gasteiger partial charge in [-0.25, -0.2) is 0 Å². The van der Waals surface area contributed by atoms with Gasteiger partial charge in [0.15, 0.2) is 0 Å². The Balaban J connectivity index is 3.09. The van der Waals surface area contributed by atoms with Crippen molar-refractivity contribution >= 4 is 20.7 Å². The summed E-state index contributed by atoms with van der Waals surface area (Å²) < 4.78 is 10.7. The van der Waals surface area contributed by atoms with Gasteiger partial charge >= 0.3 is 5.97 Å². The van der Waals surface area contributed by atoms with Crippen LogP contribution < -0.4 is 0 Å². The number of carbonyl (C=O) groups excluding carboxylic acids is 1. The van der Waals surface area contributed by atoms with E-state index in [4.69, 9.17) is 4.43 Å². The standard InChI is InChI=1S/C18H28NO5Si/c1-18(2,3)17(24-25(5)6)14-11-10-13(15(12-14)19(21)22)8-7-9-16(20)23-4/h10-12,17H,7-9H2,1-6H3. The molecule has 6 nitrogen and oxygen atoms in total. The predicted molar refractivity (Wildman–Crippen MR) is 98.8 cm³/mol. The first-order valence-corrected chi connectivity index (χ1v) is 10.8. The highest BCUT2D eigenvalue weighted by Gasteiger charge is 2.30. The summed E-state index contributed by atoms with van der Waals surface area (Å²) in [5.41, 5.74) is 1.37. The molecule has 1 unspecified atom stereocenters. The Morgan fingerprint density at radius 1 is 1.32 bits per heavy atom. The molecular weight excluding hydrogens is 338 g/mol. The topological polar surface area (TPSA) is 78.7 Å². The zero-order valence-electron chi connectivity index (χ0n) is 15.9. The van der Waals surface area contributed by atoms with Crippen LogP contribution in [0, 0.1) is 15.5 Å². The molecule has 139 valence electrons. The van der Waals surface area contributed by atoms with Crippen LogP contribution in [0.25, 0.3) is 0 Å². The number of hydrogen-bond acceptors (Lipinski definition) is 5. The second-order valence-electron chi connectivity index (χ2n) is 7.35. The summed E-state index contributed by atoms with van der Waals surface area (Å²) >= 11 is 0. The molecule has 0 saturated heterocycles. The summed E-state index contributed by atoms with van der Waals surface area (Å²) in [6, 6.07) is 5.31. The van der Waals surface area contributed by atoms with Crippen LogP contribution in [0.4, 0.5) is 5.69 Å². The molecule has 1 atom stereocenters. The Kier molecular flexibility index (Phi) is 7.76. The van der Waals surface area contributed by atoms with E-state index >= 15 is 0 Å². The zero-order valence-corrected chi connectivity index (χ0v) is 16.9. The number of benzene rings is 1. The number of nitrogens with zero attached hydrogens (tertiary/aromatic N) is 1. The molecule has 0 spiro atoms. The van der Waals surface area contributed by atoms with Gasteiger partial charge in [0.1, 0.15) is 0 Å². The quantitative estimate of drug-likeness (QED) is 0.294. The monoisotopic (exact) mass is 366 g/mol. The van der Waals surface area contributed by atoms with Crippen LogP contribution in [0.5, 0.6) is 0 Å². The van der Waals surface area contributed by atoms with Gasteiger partial charge < -0.3 is 9.16 Å². The van der Waals surface area contributed by atoms with E-state index in [0.717, 1.165) is 5.56 Å². The Morgan fingerprint density at radius 2 is 1.96 bits per heavy atom. The normalized spacial score (nSPS) is 12.9. The molecule has 0 aromatic heterocycles. The average Bonchev–Trinajstić information content (AvgIpc) is 2.51. The summed E-state index contributed by atoms with van der Waals surface area (Å²) in [6.45, 7) is 10.3. The van der Waals surface area contributed by atoms with Gasteiger partial charge in [-0.1, -0.05) is 32.9 Å². The van der Waals surface area contributed by atoms with E-state index in [0.29, 0.717) is 18.4 Å². The lowest BCUT2D eigenvalue weighted by Gasteiger charge is -2.32. The minimum absolute atomic E-state index is 0.0844. The summed E-state index contributed by atoms with van der Waals surface area (Å²) in [5.74, 6) is -0.305. The van der Waals surface area contributed by atoms with Gasteiger partial charge in [0.25, 0.3) is 5.69 Å². The van der Waals surface area contributed by atoms with Crippen molar-refractivity contribution in [2.45, 2.75) is 59.2 Å². The SMILES string of the molecule is COC(=O)CCCc1ccc(C(O[Si](C)C)C(C)(C)C)cc1[N+](=O)[O-]. The highest BCUT2D eigenvalue weighted by molar-refractivity contribution is 6.48. The minimum Gasteiger partial charge on any atom is -0.469 e.